The fourth-order valence-corrected chi connectivity index (χ4v) is 4.91. The average molecular weight is 402 g/mol. The van der Waals surface area contributed by atoms with Crippen molar-refractivity contribution in [3.8, 4) is 0 Å². The topological polar surface area (TPSA) is 66.3 Å². The third-order valence-corrected chi connectivity index (χ3v) is 6.45. The Balaban J connectivity index is 1.83. The summed E-state index contributed by atoms with van der Waals surface area (Å²) in [4.78, 5) is 12.7. The summed E-state index contributed by atoms with van der Waals surface area (Å²) in [5.74, 6) is 0.921. The highest BCUT2D eigenvalue weighted by molar-refractivity contribution is 6.34. The van der Waals surface area contributed by atoms with Crippen LogP contribution in [0.3, 0.4) is 0 Å². The van der Waals surface area contributed by atoms with Crippen molar-refractivity contribution in [2.75, 3.05) is 5.32 Å². The average Bonchev–Trinajstić information content (AvgIpc) is 3.10. The zero-order valence-corrected chi connectivity index (χ0v) is 17.3. The van der Waals surface area contributed by atoms with Gasteiger partial charge < -0.3 is 20.4 Å². The molecule has 1 spiro atoms. The van der Waals surface area contributed by atoms with Gasteiger partial charge in [0.1, 0.15) is 5.58 Å². The predicted octanol–water partition coefficient (Wildman–Crippen LogP) is 5.65. The first-order valence-corrected chi connectivity index (χ1v) is 10.7. The number of benzene rings is 1. The maximum atomic E-state index is 12.7. The van der Waals surface area contributed by atoms with Gasteiger partial charge >= 0.3 is 0 Å². The van der Waals surface area contributed by atoms with E-state index in [-0.39, 0.29) is 17.5 Å². The number of hydrogen-bond acceptors (Lipinski definition) is 4. The Morgan fingerprint density at radius 1 is 1.29 bits per heavy atom. The number of anilines is 1. The molecule has 0 unspecified atom stereocenters. The molecule has 0 atom stereocenters. The third kappa shape index (κ3) is 3.16. The maximum Gasteiger partial charge on any atom is 0.287 e. The van der Waals surface area contributed by atoms with E-state index >= 15 is 0 Å². The van der Waals surface area contributed by atoms with Gasteiger partial charge in [-0.3, -0.25) is 4.79 Å². The standard InChI is InChI=1S/C22H28ClN3O2/c1-4-15(5-2)25-21(27)17-12-14-11-16(23)19-18(20(14)28-17)22(26-13(3)24-19)9-7-6-8-10-22/h11-12,15,24,26H,3-10H2,1-2H3,(H,25,27). The molecule has 5 nitrogen and oxygen atoms in total. The van der Waals surface area contributed by atoms with Crippen LogP contribution in [0.4, 0.5) is 5.69 Å². The molecule has 0 radical (unpaired) electrons. The minimum atomic E-state index is -0.250. The van der Waals surface area contributed by atoms with Gasteiger partial charge in [0.2, 0.25) is 0 Å². The molecule has 3 N–H and O–H groups in total. The number of furan rings is 1. The van der Waals surface area contributed by atoms with Crippen molar-refractivity contribution in [2.45, 2.75) is 70.4 Å². The summed E-state index contributed by atoms with van der Waals surface area (Å²) in [7, 11) is 0. The lowest BCUT2D eigenvalue weighted by Gasteiger charge is -2.44. The Morgan fingerprint density at radius 2 is 2.00 bits per heavy atom. The number of fused-ring (bicyclic) bond motifs is 4. The van der Waals surface area contributed by atoms with E-state index in [4.69, 9.17) is 16.0 Å². The Morgan fingerprint density at radius 3 is 2.68 bits per heavy atom. The van der Waals surface area contributed by atoms with E-state index in [2.05, 4.69) is 36.4 Å². The molecule has 0 saturated heterocycles. The first-order chi connectivity index (χ1) is 13.5. The van der Waals surface area contributed by atoms with Gasteiger partial charge in [-0.05, 0) is 37.8 Å². The van der Waals surface area contributed by atoms with Crippen molar-refractivity contribution >= 4 is 34.2 Å². The van der Waals surface area contributed by atoms with Crippen LogP contribution in [-0.4, -0.2) is 11.9 Å². The second-order valence-electron chi connectivity index (χ2n) is 8.00. The minimum absolute atomic E-state index is 0.148. The van der Waals surface area contributed by atoms with Crippen LogP contribution in [0.5, 0.6) is 0 Å². The summed E-state index contributed by atoms with van der Waals surface area (Å²) in [6, 6.07) is 3.82. The van der Waals surface area contributed by atoms with E-state index in [0.29, 0.717) is 10.8 Å². The van der Waals surface area contributed by atoms with Crippen molar-refractivity contribution in [1.29, 1.82) is 0 Å². The van der Waals surface area contributed by atoms with Crippen molar-refractivity contribution < 1.29 is 9.21 Å². The number of nitrogens with one attached hydrogen (secondary N) is 3. The summed E-state index contributed by atoms with van der Waals surface area (Å²) in [5.41, 5.74) is 2.37. The summed E-state index contributed by atoms with van der Waals surface area (Å²) < 4.78 is 6.16. The zero-order chi connectivity index (χ0) is 19.9. The van der Waals surface area contributed by atoms with Gasteiger partial charge in [0, 0.05) is 17.0 Å². The van der Waals surface area contributed by atoms with Crippen LogP contribution in [0, 0.1) is 0 Å². The predicted molar refractivity (Wildman–Crippen MR) is 114 cm³/mol. The minimum Gasteiger partial charge on any atom is -0.450 e. The van der Waals surface area contributed by atoms with E-state index in [1.807, 2.05) is 6.07 Å². The van der Waals surface area contributed by atoms with Crippen molar-refractivity contribution in [3.63, 3.8) is 0 Å². The number of rotatable bonds is 4. The van der Waals surface area contributed by atoms with Crippen LogP contribution < -0.4 is 16.0 Å². The molecule has 1 aliphatic carbocycles. The monoisotopic (exact) mass is 401 g/mol. The van der Waals surface area contributed by atoms with Crippen LogP contribution in [0.2, 0.25) is 5.02 Å². The lowest BCUT2D eigenvalue weighted by atomic mass is 9.74. The van der Waals surface area contributed by atoms with Crippen molar-refractivity contribution in [3.05, 3.63) is 40.9 Å². The number of hydrogen-bond donors (Lipinski definition) is 3. The second kappa shape index (κ2) is 7.36. The lowest BCUT2D eigenvalue weighted by Crippen LogP contribution is -2.48. The largest absolute Gasteiger partial charge is 0.450 e. The second-order valence-corrected chi connectivity index (χ2v) is 8.40. The number of carbonyl (C=O) groups is 1. The SMILES string of the molecule is C=C1Nc2c(Cl)cc3cc(C(=O)NC(CC)CC)oc3c2C2(CCCCC2)N1. The highest BCUT2D eigenvalue weighted by Gasteiger charge is 2.42. The summed E-state index contributed by atoms with van der Waals surface area (Å²) in [6.45, 7) is 8.23. The van der Waals surface area contributed by atoms with E-state index < -0.39 is 0 Å². The van der Waals surface area contributed by atoms with Crippen LogP contribution in [0.1, 0.15) is 74.9 Å². The number of halogens is 1. The summed E-state index contributed by atoms with van der Waals surface area (Å²) in [5, 5.41) is 11.4. The van der Waals surface area contributed by atoms with Gasteiger partial charge in [0.25, 0.3) is 5.91 Å². The first-order valence-electron chi connectivity index (χ1n) is 10.3. The molecule has 1 amide bonds. The molecule has 6 heteroatoms. The molecular weight excluding hydrogens is 374 g/mol. The third-order valence-electron chi connectivity index (χ3n) is 6.16. The molecule has 0 bridgehead atoms. The molecule has 2 aliphatic rings. The van der Waals surface area contributed by atoms with Crippen LogP contribution in [0.25, 0.3) is 11.0 Å². The molecule has 1 aromatic carbocycles. The van der Waals surface area contributed by atoms with Gasteiger partial charge in [-0.2, -0.15) is 0 Å². The van der Waals surface area contributed by atoms with E-state index in [0.717, 1.165) is 66.6 Å². The molecule has 1 fully saturated rings. The number of carbonyl (C=O) groups excluding carboxylic acids is 1. The molecule has 4 rings (SSSR count). The molecule has 2 heterocycles. The molecule has 150 valence electrons. The first kappa shape index (κ1) is 19.2. The summed E-state index contributed by atoms with van der Waals surface area (Å²) in [6.07, 6.45) is 7.26. The smallest absolute Gasteiger partial charge is 0.287 e. The Kier molecular flexibility index (Phi) is 5.04. The van der Waals surface area contributed by atoms with Gasteiger partial charge in [-0.25, -0.2) is 0 Å². The summed E-state index contributed by atoms with van der Waals surface area (Å²) >= 11 is 6.63. The Labute approximate surface area is 170 Å². The highest BCUT2D eigenvalue weighted by atomic mass is 35.5. The van der Waals surface area contributed by atoms with Gasteiger partial charge in [0.05, 0.1) is 22.1 Å². The van der Waals surface area contributed by atoms with Crippen LogP contribution in [0.15, 0.2) is 28.9 Å². The highest BCUT2D eigenvalue weighted by Crippen LogP contribution is 2.49. The van der Waals surface area contributed by atoms with Crippen LogP contribution >= 0.6 is 11.6 Å². The van der Waals surface area contributed by atoms with Gasteiger partial charge in [-0.1, -0.05) is 51.3 Å². The van der Waals surface area contributed by atoms with Crippen molar-refractivity contribution in [1.82, 2.24) is 10.6 Å². The molecule has 2 aromatic rings. The Hall–Kier alpha value is -2.14. The molecule has 1 aromatic heterocycles. The normalized spacial score (nSPS) is 18.1. The number of amides is 1. The Bertz CT molecular complexity index is 923. The van der Waals surface area contributed by atoms with Gasteiger partial charge in [0.15, 0.2) is 5.76 Å². The fraction of sp³-hybridized carbons (Fsp3) is 0.500. The van der Waals surface area contributed by atoms with Gasteiger partial charge in [-0.15, -0.1) is 0 Å². The maximum absolute atomic E-state index is 12.7. The van der Waals surface area contributed by atoms with E-state index in [9.17, 15) is 4.79 Å². The lowest BCUT2D eigenvalue weighted by molar-refractivity contribution is 0.0908. The molecular formula is C22H28ClN3O2. The van der Waals surface area contributed by atoms with E-state index in [1.54, 1.807) is 6.07 Å². The zero-order valence-electron chi connectivity index (χ0n) is 16.6. The molecule has 1 aliphatic heterocycles. The molecule has 1 saturated carbocycles. The molecule has 28 heavy (non-hydrogen) atoms. The fourth-order valence-electron chi connectivity index (χ4n) is 4.65. The van der Waals surface area contributed by atoms with E-state index in [1.165, 1.54) is 6.42 Å². The van der Waals surface area contributed by atoms with Crippen molar-refractivity contribution in [2.24, 2.45) is 0 Å². The van der Waals surface area contributed by atoms with Crippen LogP contribution in [-0.2, 0) is 5.54 Å². The quantitative estimate of drug-likeness (QED) is 0.619.